The van der Waals surface area contributed by atoms with Crippen LogP contribution in [0.3, 0.4) is 0 Å². The van der Waals surface area contributed by atoms with Crippen molar-refractivity contribution < 1.29 is 13.9 Å². The Morgan fingerprint density at radius 1 is 1.20 bits per heavy atom. The first-order valence-electron chi connectivity index (χ1n) is 8.58. The minimum absolute atomic E-state index is 0.0307. The van der Waals surface area contributed by atoms with Gasteiger partial charge in [0, 0.05) is 16.5 Å². The number of amides is 1. The molecule has 1 aliphatic heterocycles. The Balaban J connectivity index is 1.60. The van der Waals surface area contributed by atoms with Gasteiger partial charge < -0.3 is 10.1 Å². The summed E-state index contributed by atoms with van der Waals surface area (Å²) in [4.78, 5) is 13.1. The molecule has 0 aromatic heterocycles. The highest BCUT2D eigenvalue weighted by Gasteiger charge is 2.46. The highest BCUT2D eigenvalue weighted by molar-refractivity contribution is 9.10. The van der Waals surface area contributed by atoms with Crippen LogP contribution in [0.15, 0.2) is 46.9 Å². The zero-order valence-electron chi connectivity index (χ0n) is 13.7. The van der Waals surface area contributed by atoms with Crippen molar-refractivity contribution in [3.63, 3.8) is 0 Å². The van der Waals surface area contributed by atoms with E-state index in [0.717, 1.165) is 47.0 Å². The predicted octanol–water partition coefficient (Wildman–Crippen LogP) is 4.65. The lowest BCUT2D eigenvalue weighted by atomic mass is 9.63. The molecule has 2 aromatic carbocycles. The fourth-order valence-electron chi connectivity index (χ4n) is 3.76. The molecule has 0 spiro atoms. The fraction of sp³-hybridized carbons (Fsp3) is 0.350. The van der Waals surface area contributed by atoms with Crippen molar-refractivity contribution in [3.05, 3.63) is 63.9 Å². The van der Waals surface area contributed by atoms with Crippen LogP contribution in [0.1, 0.15) is 42.9 Å². The second-order valence-corrected chi connectivity index (χ2v) is 7.70. The summed E-state index contributed by atoms with van der Waals surface area (Å²) >= 11 is 3.49. The number of carbonyl (C=O) groups is 1. The summed E-state index contributed by atoms with van der Waals surface area (Å²) in [5.41, 5.74) is 1.37. The highest BCUT2D eigenvalue weighted by atomic mass is 79.9. The van der Waals surface area contributed by atoms with E-state index in [2.05, 4.69) is 21.2 Å². The van der Waals surface area contributed by atoms with Crippen LogP contribution in [0.2, 0.25) is 0 Å². The zero-order chi connectivity index (χ0) is 17.4. The SMILES string of the molecule is O=C(NC1CCOc2ccc(Br)cc21)C1(c2ccc(F)cc2)CCC1. The topological polar surface area (TPSA) is 38.3 Å². The number of rotatable bonds is 3. The van der Waals surface area contributed by atoms with Crippen LogP contribution >= 0.6 is 15.9 Å². The lowest BCUT2D eigenvalue weighted by Gasteiger charge is -2.42. The van der Waals surface area contributed by atoms with Gasteiger partial charge in [-0.1, -0.05) is 34.5 Å². The molecule has 1 unspecified atom stereocenters. The Hall–Kier alpha value is -1.88. The molecule has 4 rings (SSSR count). The van der Waals surface area contributed by atoms with Gasteiger partial charge in [0.2, 0.25) is 5.91 Å². The van der Waals surface area contributed by atoms with Crippen LogP contribution in [-0.2, 0) is 10.2 Å². The maximum atomic E-state index is 13.3. The Morgan fingerprint density at radius 2 is 1.96 bits per heavy atom. The first kappa shape index (κ1) is 16.6. The summed E-state index contributed by atoms with van der Waals surface area (Å²) in [7, 11) is 0. The van der Waals surface area contributed by atoms with Crippen molar-refractivity contribution in [3.8, 4) is 5.75 Å². The average molecular weight is 404 g/mol. The largest absolute Gasteiger partial charge is 0.493 e. The summed E-state index contributed by atoms with van der Waals surface area (Å²) in [5, 5.41) is 3.22. The molecule has 1 atom stereocenters. The molecule has 5 heteroatoms. The number of nitrogens with one attached hydrogen (secondary N) is 1. The summed E-state index contributed by atoms with van der Waals surface area (Å²) in [5.74, 6) is 0.578. The molecule has 3 nitrogen and oxygen atoms in total. The quantitative estimate of drug-likeness (QED) is 0.809. The third-order valence-electron chi connectivity index (χ3n) is 5.36. The van der Waals surface area contributed by atoms with E-state index in [0.29, 0.717) is 6.61 Å². The Morgan fingerprint density at radius 3 is 2.64 bits per heavy atom. The molecule has 130 valence electrons. The molecular formula is C20H19BrFNO2. The van der Waals surface area contributed by atoms with Crippen molar-refractivity contribution in [2.24, 2.45) is 0 Å². The molecule has 1 heterocycles. The van der Waals surface area contributed by atoms with Gasteiger partial charge in [-0.3, -0.25) is 4.79 Å². The molecule has 0 bridgehead atoms. The number of ether oxygens (including phenoxy) is 1. The Kier molecular flexibility index (Phi) is 4.28. The van der Waals surface area contributed by atoms with Crippen molar-refractivity contribution in [2.45, 2.75) is 37.1 Å². The van der Waals surface area contributed by atoms with Gasteiger partial charge in [0.05, 0.1) is 18.1 Å². The third kappa shape index (κ3) is 2.95. The molecule has 1 aliphatic carbocycles. The van der Waals surface area contributed by atoms with Crippen LogP contribution in [0.4, 0.5) is 4.39 Å². The number of benzene rings is 2. The molecule has 1 amide bonds. The molecule has 0 saturated heterocycles. The average Bonchev–Trinajstić information content (AvgIpc) is 2.56. The number of carbonyl (C=O) groups excluding carboxylic acids is 1. The summed E-state index contributed by atoms with van der Waals surface area (Å²) < 4.78 is 19.9. The van der Waals surface area contributed by atoms with Crippen LogP contribution in [0.25, 0.3) is 0 Å². The lowest BCUT2D eigenvalue weighted by Crippen LogP contribution is -2.50. The van der Waals surface area contributed by atoms with Gasteiger partial charge in [-0.15, -0.1) is 0 Å². The zero-order valence-corrected chi connectivity index (χ0v) is 15.3. The highest BCUT2D eigenvalue weighted by Crippen LogP contribution is 2.45. The van der Waals surface area contributed by atoms with Crippen LogP contribution in [-0.4, -0.2) is 12.5 Å². The van der Waals surface area contributed by atoms with E-state index in [1.165, 1.54) is 12.1 Å². The maximum Gasteiger partial charge on any atom is 0.231 e. The van der Waals surface area contributed by atoms with Gasteiger partial charge in [0.25, 0.3) is 0 Å². The first-order valence-corrected chi connectivity index (χ1v) is 9.37. The minimum Gasteiger partial charge on any atom is -0.493 e. The minimum atomic E-state index is -0.530. The van der Waals surface area contributed by atoms with Crippen molar-refractivity contribution in [1.82, 2.24) is 5.32 Å². The number of hydrogen-bond acceptors (Lipinski definition) is 2. The predicted molar refractivity (Wildman–Crippen MR) is 97.1 cm³/mol. The van der Waals surface area contributed by atoms with Crippen LogP contribution in [0.5, 0.6) is 5.75 Å². The summed E-state index contributed by atoms with van der Waals surface area (Å²) in [6, 6.07) is 12.2. The van der Waals surface area contributed by atoms with E-state index in [1.54, 1.807) is 12.1 Å². The van der Waals surface area contributed by atoms with Gasteiger partial charge in [0.1, 0.15) is 11.6 Å². The molecule has 1 N–H and O–H groups in total. The van der Waals surface area contributed by atoms with Gasteiger partial charge in [-0.05, 0) is 48.7 Å². The van der Waals surface area contributed by atoms with Crippen LogP contribution < -0.4 is 10.1 Å². The molecule has 25 heavy (non-hydrogen) atoms. The molecule has 1 fully saturated rings. The van der Waals surface area contributed by atoms with Crippen LogP contribution in [0, 0.1) is 5.82 Å². The standard InChI is InChI=1S/C20H19BrFNO2/c21-14-4-7-18-16(12-14)17(8-11-25-18)23-19(24)20(9-1-10-20)13-2-5-15(22)6-3-13/h2-7,12,17H,1,8-11H2,(H,23,24). The van der Waals surface area contributed by atoms with Gasteiger partial charge in [0.15, 0.2) is 0 Å². The van der Waals surface area contributed by atoms with Crippen molar-refractivity contribution in [2.75, 3.05) is 6.61 Å². The third-order valence-corrected chi connectivity index (χ3v) is 5.85. The van der Waals surface area contributed by atoms with Crippen molar-refractivity contribution >= 4 is 21.8 Å². The molecule has 0 radical (unpaired) electrons. The van der Waals surface area contributed by atoms with Gasteiger partial charge in [-0.25, -0.2) is 4.39 Å². The molecule has 1 saturated carbocycles. The monoisotopic (exact) mass is 403 g/mol. The van der Waals surface area contributed by atoms with E-state index in [1.807, 2.05) is 18.2 Å². The Labute approximate surface area is 154 Å². The Bertz CT molecular complexity index is 802. The van der Waals surface area contributed by atoms with Crippen molar-refractivity contribution in [1.29, 1.82) is 0 Å². The molecule has 2 aromatic rings. The second kappa shape index (κ2) is 6.45. The first-order chi connectivity index (χ1) is 12.1. The number of hydrogen-bond donors (Lipinski definition) is 1. The number of halogens is 2. The second-order valence-electron chi connectivity index (χ2n) is 6.79. The summed E-state index contributed by atoms with van der Waals surface area (Å²) in [6.45, 7) is 0.586. The smallest absolute Gasteiger partial charge is 0.231 e. The van der Waals surface area contributed by atoms with Gasteiger partial charge >= 0.3 is 0 Å². The number of fused-ring (bicyclic) bond motifs is 1. The van der Waals surface area contributed by atoms with E-state index < -0.39 is 5.41 Å². The molecular weight excluding hydrogens is 385 g/mol. The lowest BCUT2D eigenvalue weighted by molar-refractivity contribution is -0.131. The van der Waals surface area contributed by atoms with Gasteiger partial charge in [-0.2, -0.15) is 0 Å². The van der Waals surface area contributed by atoms with E-state index in [-0.39, 0.29) is 17.8 Å². The summed E-state index contributed by atoms with van der Waals surface area (Å²) in [6.07, 6.45) is 3.37. The van der Waals surface area contributed by atoms with E-state index >= 15 is 0 Å². The maximum absolute atomic E-state index is 13.3. The van der Waals surface area contributed by atoms with E-state index in [9.17, 15) is 9.18 Å². The molecule has 2 aliphatic rings. The van der Waals surface area contributed by atoms with E-state index in [4.69, 9.17) is 4.74 Å². The fourth-order valence-corrected chi connectivity index (χ4v) is 4.14. The normalized spacial score (nSPS) is 20.8.